The highest BCUT2D eigenvalue weighted by atomic mass is 32.2. The molecule has 19 heavy (non-hydrogen) atoms. The van der Waals surface area contributed by atoms with Gasteiger partial charge >= 0.3 is 5.69 Å². The van der Waals surface area contributed by atoms with E-state index in [4.69, 9.17) is 5.11 Å². The van der Waals surface area contributed by atoms with Crippen molar-refractivity contribution in [2.45, 2.75) is 24.8 Å². The summed E-state index contributed by atoms with van der Waals surface area (Å²) in [7, 11) is -4.03. The van der Waals surface area contributed by atoms with E-state index in [1.165, 1.54) is 13.8 Å². The van der Waals surface area contributed by atoms with Crippen LogP contribution >= 0.6 is 0 Å². The molecule has 0 aliphatic heterocycles. The van der Waals surface area contributed by atoms with Gasteiger partial charge in [-0.1, -0.05) is 0 Å². The first kappa shape index (κ1) is 15.5. The minimum absolute atomic E-state index is 0.147. The Labute approximate surface area is 109 Å². The Balaban J connectivity index is 3.25. The minimum Gasteiger partial charge on any atom is -0.392 e. The number of aliphatic hydroxyl groups is 1. The van der Waals surface area contributed by atoms with Crippen molar-refractivity contribution in [2.24, 2.45) is 0 Å². The predicted molar refractivity (Wildman–Crippen MR) is 64.7 cm³/mol. The molecule has 0 unspecified atom stereocenters. The van der Waals surface area contributed by atoms with E-state index in [1.54, 1.807) is 0 Å². The van der Waals surface area contributed by atoms with E-state index < -0.39 is 37.5 Å². The number of benzene rings is 1. The monoisotopic (exact) mass is 292 g/mol. The lowest BCUT2D eigenvalue weighted by Gasteiger charge is -2.09. The summed E-state index contributed by atoms with van der Waals surface area (Å²) in [5, 5.41) is 19.6. The van der Waals surface area contributed by atoms with Crippen LogP contribution in [0.2, 0.25) is 0 Å². The van der Waals surface area contributed by atoms with Gasteiger partial charge in [0.2, 0.25) is 15.8 Å². The van der Waals surface area contributed by atoms with Gasteiger partial charge in [0, 0.05) is 12.6 Å². The smallest absolute Gasteiger partial charge is 0.306 e. The molecule has 1 aromatic carbocycles. The van der Waals surface area contributed by atoms with Crippen molar-refractivity contribution in [3.8, 4) is 0 Å². The van der Waals surface area contributed by atoms with E-state index in [2.05, 4.69) is 4.72 Å². The fourth-order valence-corrected chi connectivity index (χ4v) is 2.55. The first-order valence-corrected chi connectivity index (χ1v) is 6.75. The molecular formula is C10H13FN2O5S. The molecule has 106 valence electrons. The lowest BCUT2D eigenvalue weighted by Crippen LogP contribution is -2.30. The maximum absolute atomic E-state index is 13.4. The zero-order chi connectivity index (χ0) is 14.8. The molecule has 0 aromatic heterocycles. The van der Waals surface area contributed by atoms with Crippen molar-refractivity contribution in [3.05, 3.63) is 33.6 Å². The summed E-state index contributed by atoms with van der Waals surface area (Å²) in [4.78, 5) is 9.22. The van der Waals surface area contributed by atoms with Crippen LogP contribution in [0.4, 0.5) is 10.1 Å². The van der Waals surface area contributed by atoms with Gasteiger partial charge in [0.15, 0.2) is 0 Å². The highest BCUT2D eigenvalue weighted by Gasteiger charge is 2.23. The molecule has 1 rings (SSSR count). The molecule has 7 nitrogen and oxygen atoms in total. The van der Waals surface area contributed by atoms with Crippen molar-refractivity contribution in [2.75, 3.05) is 6.54 Å². The van der Waals surface area contributed by atoms with Crippen LogP contribution in [0.3, 0.4) is 0 Å². The largest absolute Gasteiger partial charge is 0.392 e. The second-order valence-electron chi connectivity index (χ2n) is 4.03. The SMILES string of the molecule is Cc1cc(S(=O)(=O)NC[C@@H](C)O)cc([N+](=O)[O-])c1F. The highest BCUT2D eigenvalue weighted by molar-refractivity contribution is 7.89. The van der Waals surface area contributed by atoms with Crippen LogP contribution < -0.4 is 4.72 Å². The standard InChI is InChI=1S/C10H13FN2O5S/c1-6-3-8(4-9(10(6)11)13(15)16)19(17,18)12-5-7(2)14/h3-4,7,12,14H,5H2,1-2H3/t7-/m1/s1. The third kappa shape index (κ3) is 3.69. The average Bonchev–Trinajstić information content (AvgIpc) is 2.29. The molecule has 1 atom stereocenters. The number of nitro groups is 1. The van der Waals surface area contributed by atoms with Crippen LogP contribution in [0.15, 0.2) is 17.0 Å². The molecule has 0 radical (unpaired) electrons. The van der Waals surface area contributed by atoms with Gasteiger partial charge in [-0.2, -0.15) is 4.39 Å². The molecule has 0 aliphatic carbocycles. The van der Waals surface area contributed by atoms with Crippen molar-refractivity contribution in [1.29, 1.82) is 0 Å². The molecule has 0 aliphatic rings. The summed E-state index contributed by atoms with van der Waals surface area (Å²) in [6, 6.07) is 1.64. The number of nitrogens with one attached hydrogen (secondary N) is 1. The van der Waals surface area contributed by atoms with Crippen LogP contribution in [0.25, 0.3) is 0 Å². The lowest BCUT2D eigenvalue weighted by atomic mass is 10.2. The van der Waals surface area contributed by atoms with Crippen LogP contribution in [0, 0.1) is 22.9 Å². The van der Waals surface area contributed by atoms with E-state index in [9.17, 15) is 22.9 Å². The molecule has 0 fully saturated rings. The number of nitro benzene ring substituents is 1. The van der Waals surface area contributed by atoms with Crippen LogP contribution in [-0.2, 0) is 10.0 Å². The fraction of sp³-hybridized carbons (Fsp3) is 0.400. The van der Waals surface area contributed by atoms with E-state index >= 15 is 0 Å². The summed E-state index contributed by atoms with van der Waals surface area (Å²) < 4.78 is 39.1. The molecule has 0 heterocycles. The number of hydrogen-bond acceptors (Lipinski definition) is 5. The van der Waals surface area contributed by atoms with Gasteiger partial charge in [0.05, 0.1) is 15.9 Å². The Morgan fingerprint density at radius 1 is 1.53 bits per heavy atom. The van der Waals surface area contributed by atoms with E-state index in [0.717, 1.165) is 6.07 Å². The van der Waals surface area contributed by atoms with Gasteiger partial charge in [-0.05, 0) is 25.5 Å². The quantitative estimate of drug-likeness (QED) is 0.613. The Hall–Kier alpha value is -1.58. The number of halogens is 1. The van der Waals surface area contributed by atoms with Crippen molar-refractivity contribution in [3.63, 3.8) is 0 Å². The fourth-order valence-electron chi connectivity index (χ4n) is 1.32. The van der Waals surface area contributed by atoms with Crippen LogP contribution in [-0.4, -0.2) is 31.1 Å². The van der Waals surface area contributed by atoms with E-state index in [-0.39, 0.29) is 12.1 Å². The Morgan fingerprint density at radius 2 is 2.11 bits per heavy atom. The molecule has 0 bridgehead atoms. The number of aryl methyl sites for hydroxylation is 1. The molecule has 0 saturated carbocycles. The van der Waals surface area contributed by atoms with Gasteiger partial charge in [0.25, 0.3) is 0 Å². The van der Waals surface area contributed by atoms with Gasteiger partial charge in [-0.15, -0.1) is 0 Å². The summed E-state index contributed by atoms with van der Waals surface area (Å²) >= 11 is 0. The normalized spacial score (nSPS) is 13.3. The number of nitrogens with zero attached hydrogens (tertiary/aromatic N) is 1. The maximum Gasteiger partial charge on any atom is 0.306 e. The van der Waals surface area contributed by atoms with Gasteiger partial charge in [-0.3, -0.25) is 10.1 Å². The third-order valence-corrected chi connectivity index (χ3v) is 3.69. The molecule has 0 amide bonds. The van der Waals surface area contributed by atoms with Crippen molar-refractivity contribution in [1.82, 2.24) is 4.72 Å². The summed E-state index contributed by atoms with van der Waals surface area (Å²) in [6.45, 7) is 2.36. The van der Waals surface area contributed by atoms with Gasteiger partial charge in [-0.25, -0.2) is 13.1 Å². The highest BCUT2D eigenvalue weighted by Crippen LogP contribution is 2.24. The topological polar surface area (TPSA) is 110 Å². The molecule has 0 spiro atoms. The average molecular weight is 292 g/mol. The molecule has 0 saturated heterocycles. The Morgan fingerprint density at radius 3 is 2.58 bits per heavy atom. The lowest BCUT2D eigenvalue weighted by molar-refractivity contribution is -0.387. The predicted octanol–water partition coefficient (Wildman–Crippen LogP) is 0.701. The summed E-state index contributed by atoms with van der Waals surface area (Å²) in [5.74, 6) is -1.07. The van der Waals surface area contributed by atoms with E-state index in [0.29, 0.717) is 6.07 Å². The number of sulfonamides is 1. The molecule has 1 aromatic rings. The van der Waals surface area contributed by atoms with Crippen LogP contribution in [0.5, 0.6) is 0 Å². The molecule has 9 heteroatoms. The first-order valence-electron chi connectivity index (χ1n) is 5.27. The van der Waals surface area contributed by atoms with Crippen molar-refractivity contribution < 1.29 is 22.8 Å². The van der Waals surface area contributed by atoms with E-state index in [1.807, 2.05) is 0 Å². The van der Waals surface area contributed by atoms with Crippen molar-refractivity contribution >= 4 is 15.7 Å². The number of aliphatic hydroxyl groups excluding tert-OH is 1. The first-order chi connectivity index (χ1) is 8.65. The third-order valence-electron chi connectivity index (χ3n) is 2.28. The second kappa shape index (κ2) is 5.59. The summed E-state index contributed by atoms with van der Waals surface area (Å²) in [5.41, 5.74) is -1.05. The summed E-state index contributed by atoms with van der Waals surface area (Å²) in [6.07, 6.45) is -0.911. The van der Waals surface area contributed by atoms with Crippen LogP contribution in [0.1, 0.15) is 12.5 Å². The zero-order valence-electron chi connectivity index (χ0n) is 10.3. The zero-order valence-corrected chi connectivity index (χ0v) is 11.1. The Kier molecular flexibility index (Phi) is 4.56. The number of hydrogen-bond donors (Lipinski definition) is 2. The Bertz CT molecular complexity index is 600. The maximum atomic E-state index is 13.4. The number of rotatable bonds is 5. The minimum atomic E-state index is -4.03. The second-order valence-corrected chi connectivity index (χ2v) is 5.80. The van der Waals surface area contributed by atoms with Gasteiger partial charge < -0.3 is 5.11 Å². The molecule has 2 N–H and O–H groups in total. The molecular weight excluding hydrogens is 279 g/mol. The van der Waals surface area contributed by atoms with Gasteiger partial charge in [0.1, 0.15) is 0 Å².